The molecule has 1 aromatic heterocycles. The third-order valence-electron chi connectivity index (χ3n) is 5.12. The van der Waals surface area contributed by atoms with E-state index in [-0.39, 0.29) is 0 Å². The smallest absolute Gasteiger partial charge is 0.124 e. The first-order valence-corrected chi connectivity index (χ1v) is 9.37. The molecule has 0 N–H and O–H groups in total. The SMILES string of the molecule is C=CCn1c(CN2CCN(Cc3ccccc3)CC2)nc2ccccc21. The second-order valence-corrected chi connectivity index (χ2v) is 6.95. The number of benzene rings is 2. The average molecular weight is 346 g/mol. The highest BCUT2D eigenvalue weighted by molar-refractivity contribution is 5.75. The molecule has 0 saturated carbocycles. The van der Waals surface area contributed by atoms with Crippen LogP contribution in [0, 0.1) is 0 Å². The number of hydrogen-bond acceptors (Lipinski definition) is 3. The molecule has 26 heavy (non-hydrogen) atoms. The van der Waals surface area contributed by atoms with Gasteiger partial charge in [-0.3, -0.25) is 9.80 Å². The number of hydrogen-bond donors (Lipinski definition) is 0. The normalized spacial score (nSPS) is 16.2. The maximum atomic E-state index is 4.87. The van der Waals surface area contributed by atoms with Crippen molar-refractivity contribution < 1.29 is 0 Å². The zero-order chi connectivity index (χ0) is 17.8. The molecule has 0 amide bonds. The van der Waals surface area contributed by atoms with Crippen molar-refractivity contribution in [3.8, 4) is 0 Å². The molecule has 1 aliphatic rings. The van der Waals surface area contributed by atoms with Crippen molar-refractivity contribution in [3.05, 3.63) is 78.6 Å². The fraction of sp³-hybridized carbons (Fsp3) is 0.318. The van der Waals surface area contributed by atoms with Crippen LogP contribution in [0.5, 0.6) is 0 Å². The Bertz CT molecular complexity index is 860. The van der Waals surface area contributed by atoms with Crippen LogP contribution in [0.4, 0.5) is 0 Å². The van der Waals surface area contributed by atoms with E-state index < -0.39 is 0 Å². The van der Waals surface area contributed by atoms with Crippen LogP contribution in [0.1, 0.15) is 11.4 Å². The minimum absolute atomic E-state index is 0.809. The summed E-state index contributed by atoms with van der Waals surface area (Å²) < 4.78 is 2.29. The molecule has 0 atom stereocenters. The van der Waals surface area contributed by atoms with Crippen LogP contribution in [-0.2, 0) is 19.6 Å². The highest BCUT2D eigenvalue weighted by atomic mass is 15.3. The molecule has 4 rings (SSSR count). The van der Waals surface area contributed by atoms with E-state index in [1.54, 1.807) is 0 Å². The number of nitrogens with zero attached hydrogens (tertiary/aromatic N) is 4. The molecule has 0 unspecified atom stereocenters. The summed E-state index contributed by atoms with van der Waals surface area (Å²) in [6, 6.07) is 19.1. The molecule has 134 valence electrons. The van der Waals surface area contributed by atoms with Gasteiger partial charge in [-0.1, -0.05) is 48.5 Å². The largest absolute Gasteiger partial charge is 0.323 e. The van der Waals surface area contributed by atoms with Crippen molar-refractivity contribution in [2.24, 2.45) is 0 Å². The Hall–Kier alpha value is -2.43. The number of piperazine rings is 1. The Labute approximate surface area is 155 Å². The molecule has 2 heterocycles. The molecular formula is C22H26N4. The zero-order valence-corrected chi connectivity index (χ0v) is 15.2. The molecule has 1 fully saturated rings. The van der Waals surface area contributed by atoms with Crippen molar-refractivity contribution in [3.63, 3.8) is 0 Å². The van der Waals surface area contributed by atoms with Gasteiger partial charge in [-0.2, -0.15) is 0 Å². The van der Waals surface area contributed by atoms with E-state index >= 15 is 0 Å². The minimum atomic E-state index is 0.809. The summed E-state index contributed by atoms with van der Waals surface area (Å²) in [5.74, 6) is 1.14. The molecule has 0 bridgehead atoms. The van der Waals surface area contributed by atoms with E-state index in [4.69, 9.17) is 4.98 Å². The van der Waals surface area contributed by atoms with Crippen molar-refractivity contribution in [1.82, 2.24) is 19.4 Å². The molecule has 2 aromatic carbocycles. The van der Waals surface area contributed by atoms with Gasteiger partial charge in [0.15, 0.2) is 0 Å². The Kier molecular flexibility index (Phi) is 5.14. The van der Waals surface area contributed by atoms with E-state index in [0.717, 1.165) is 57.2 Å². The fourth-order valence-electron chi connectivity index (χ4n) is 3.73. The zero-order valence-electron chi connectivity index (χ0n) is 15.2. The van der Waals surface area contributed by atoms with Crippen LogP contribution in [0.3, 0.4) is 0 Å². The number of aromatic nitrogens is 2. The van der Waals surface area contributed by atoms with Gasteiger partial charge in [-0.25, -0.2) is 4.98 Å². The lowest BCUT2D eigenvalue weighted by atomic mass is 10.2. The lowest BCUT2D eigenvalue weighted by molar-refractivity contribution is 0.119. The first kappa shape index (κ1) is 17.0. The summed E-state index contributed by atoms with van der Waals surface area (Å²) in [6.45, 7) is 11.1. The van der Waals surface area contributed by atoms with Gasteiger partial charge >= 0.3 is 0 Å². The number of allylic oxidation sites excluding steroid dienone is 1. The molecule has 0 radical (unpaired) electrons. The van der Waals surface area contributed by atoms with Crippen molar-refractivity contribution >= 4 is 11.0 Å². The summed E-state index contributed by atoms with van der Waals surface area (Å²) in [5, 5.41) is 0. The molecule has 0 aliphatic carbocycles. The van der Waals surface area contributed by atoms with Crippen LogP contribution in [0.15, 0.2) is 67.3 Å². The van der Waals surface area contributed by atoms with Gasteiger partial charge in [0.2, 0.25) is 0 Å². The molecule has 4 heteroatoms. The number of para-hydroxylation sites is 2. The number of rotatable bonds is 6. The maximum absolute atomic E-state index is 4.87. The van der Waals surface area contributed by atoms with Crippen molar-refractivity contribution in [1.29, 1.82) is 0 Å². The van der Waals surface area contributed by atoms with Gasteiger partial charge in [-0.05, 0) is 17.7 Å². The van der Waals surface area contributed by atoms with E-state index in [1.807, 2.05) is 6.08 Å². The first-order chi connectivity index (χ1) is 12.8. The highest BCUT2D eigenvalue weighted by Gasteiger charge is 2.19. The van der Waals surface area contributed by atoms with E-state index in [9.17, 15) is 0 Å². The summed E-state index contributed by atoms with van der Waals surface area (Å²) in [5.41, 5.74) is 3.67. The predicted octanol–water partition coefficient (Wildman–Crippen LogP) is 3.54. The lowest BCUT2D eigenvalue weighted by Crippen LogP contribution is -2.45. The van der Waals surface area contributed by atoms with Crippen LogP contribution in [0.25, 0.3) is 11.0 Å². The summed E-state index contributed by atoms with van der Waals surface area (Å²) in [6.07, 6.45) is 1.95. The highest BCUT2D eigenvalue weighted by Crippen LogP contribution is 2.18. The van der Waals surface area contributed by atoms with Gasteiger partial charge in [0.25, 0.3) is 0 Å². The van der Waals surface area contributed by atoms with E-state index in [0.29, 0.717) is 0 Å². The maximum Gasteiger partial charge on any atom is 0.124 e. The van der Waals surface area contributed by atoms with Crippen molar-refractivity contribution in [2.75, 3.05) is 26.2 Å². The second-order valence-electron chi connectivity index (χ2n) is 6.95. The van der Waals surface area contributed by atoms with E-state index in [2.05, 4.69) is 75.5 Å². The Morgan fingerprint density at radius 3 is 2.23 bits per heavy atom. The van der Waals surface area contributed by atoms with Gasteiger partial charge < -0.3 is 4.57 Å². The van der Waals surface area contributed by atoms with Crippen molar-refractivity contribution in [2.45, 2.75) is 19.6 Å². The molecule has 4 nitrogen and oxygen atoms in total. The van der Waals surface area contributed by atoms with Crippen LogP contribution in [-0.4, -0.2) is 45.5 Å². The third kappa shape index (κ3) is 3.71. The predicted molar refractivity (Wildman–Crippen MR) is 107 cm³/mol. The second kappa shape index (κ2) is 7.85. The topological polar surface area (TPSA) is 24.3 Å². The van der Waals surface area contributed by atoms with Crippen LogP contribution in [0.2, 0.25) is 0 Å². The van der Waals surface area contributed by atoms with Crippen LogP contribution >= 0.6 is 0 Å². The average Bonchev–Trinajstić information content (AvgIpc) is 3.02. The minimum Gasteiger partial charge on any atom is -0.323 e. The third-order valence-corrected chi connectivity index (χ3v) is 5.12. The molecule has 3 aromatic rings. The fourth-order valence-corrected chi connectivity index (χ4v) is 3.73. The Morgan fingerprint density at radius 2 is 1.50 bits per heavy atom. The standard InChI is InChI=1S/C22H26N4/c1-2-12-26-21-11-7-6-10-20(21)23-22(26)18-25-15-13-24(14-16-25)17-19-8-4-3-5-9-19/h2-11H,1,12-18H2. The number of imidazole rings is 1. The summed E-state index contributed by atoms with van der Waals surface area (Å²) >= 11 is 0. The van der Waals surface area contributed by atoms with E-state index in [1.165, 1.54) is 11.1 Å². The quantitative estimate of drug-likeness (QED) is 0.638. The molecule has 1 aliphatic heterocycles. The Balaban J connectivity index is 1.40. The Morgan fingerprint density at radius 1 is 0.846 bits per heavy atom. The van der Waals surface area contributed by atoms with Gasteiger partial charge in [0, 0.05) is 39.3 Å². The molecular weight excluding hydrogens is 320 g/mol. The summed E-state index contributed by atoms with van der Waals surface area (Å²) in [7, 11) is 0. The molecule has 0 spiro atoms. The van der Waals surface area contributed by atoms with Gasteiger partial charge in [0.1, 0.15) is 5.82 Å². The van der Waals surface area contributed by atoms with Gasteiger partial charge in [-0.15, -0.1) is 6.58 Å². The van der Waals surface area contributed by atoms with Gasteiger partial charge in [0.05, 0.1) is 17.6 Å². The van der Waals surface area contributed by atoms with Crippen LogP contribution < -0.4 is 0 Å². The number of fused-ring (bicyclic) bond motifs is 1. The first-order valence-electron chi connectivity index (χ1n) is 9.37. The molecule has 1 saturated heterocycles. The monoisotopic (exact) mass is 346 g/mol. The lowest BCUT2D eigenvalue weighted by Gasteiger charge is -2.34. The summed E-state index contributed by atoms with van der Waals surface area (Å²) in [4.78, 5) is 9.93.